The predicted octanol–water partition coefficient (Wildman–Crippen LogP) is 3.81. The van der Waals surface area contributed by atoms with Gasteiger partial charge in [0.15, 0.2) is 0 Å². The zero-order chi connectivity index (χ0) is 24.0. The molecule has 0 aliphatic carbocycles. The van der Waals surface area contributed by atoms with Gasteiger partial charge in [0, 0.05) is 13.1 Å². The molecule has 0 aliphatic heterocycles. The van der Waals surface area contributed by atoms with Gasteiger partial charge in [-0.25, -0.2) is 18.4 Å². The number of fused-ring (bicyclic) bond motifs is 1. The minimum Gasteiger partial charge on any atom is -0.474 e. The second kappa shape index (κ2) is 10.3. The van der Waals surface area contributed by atoms with Crippen LogP contribution in [0, 0.1) is 11.3 Å². The number of nitrogens with one attached hydrogen (secondary N) is 1. The van der Waals surface area contributed by atoms with Crippen molar-refractivity contribution in [3.05, 3.63) is 90.0 Å². The molecule has 0 bridgehead atoms. The van der Waals surface area contributed by atoms with Gasteiger partial charge in [-0.15, -0.1) is 0 Å². The molecule has 4 aromatic rings. The molecule has 172 valence electrons. The Kier molecular flexibility index (Phi) is 7.01. The maximum absolute atomic E-state index is 12.9. The first-order valence-electron chi connectivity index (χ1n) is 10.6. The summed E-state index contributed by atoms with van der Waals surface area (Å²) in [5.41, 5.74) is 2.68. The fourth-order valence-electron chi connectivity index (χ4n) is 3.32. The molecule has 0 saturated heterocycles. The lowest BCUT2D eigenvalue weighted by molar-refractivity contribution is 0.228. The summed E-state index contributed by atoms with van der Waals surface area (Å²) in [6, 6.07) is 24.9. The predicted molar refractivity (Wildman–Crippen MR) is 130 cm³/mol. The van der Waals surface area contributed by atoms with Crippen LogP contribution in [-0.4, -0.2) is 43.5 Å². The van der Waals surface area contributed by atoms with Gasteiger partial charge in [0.1, 0.15) is 6.61 Å². The van der Waals surface area contributed by atoms with E-state index in [4.69, 9.17) is 10.00 Å². The number of ether oxygens (including phenoxy) is 1. The Hall–Kier alpha value is -4.00. The van der Waals surface area contributed by atoms with Crippen LogP contribution in [0.2, 0.25) is 0 Å². The topological polar surface area (TPSA) is 108 Å². The van der Waals surface area contributed by atoms with E-state index in [1.807, 2.05) is 37.4 Å². The molecule has 0 amide bonds. The highest BCUT2D eigenvalue weighted by atomic mass is 32.2. The van der Waals surface area contributed by atoms with E-state index in [0.29, 0.717) is 29.7 Å². The summed E-state index contributed by atoms with van der Waals surface area (Å²) in [6.07, 6.45) is 0. The zero-order valence-corrected chi connectivity index (χ0v) is 19.4. The molecule has 1 N–H and O–H groups in total. The van der Waals surface area contributed by atoms with Crippen molar-refractivity contribution in [1.29, 1.82) is 5.26 Å². The standard InChI is InChI=1S/C25H23N5O3S/c1-30(18-20-7-3-2-4-8-20)15-16-33-25-24(27-22-9-5-6-10-23(22)28-25)29-34(31,32)21-13-11-19(17-26)12-14-21/h2-14H,15-16,18H2,1H3,(H,27,29). The highest BCUT2D eigenvalue weighted by molar-refractivity contribution is 7.92. The number of aromatic nitrogens is 2. The van der Waals surface area contributed by atoms with Crippen molar-refractivity contribution in [3.8, 4) is 11.9 Å². The number of anilines is 1. The van der Waals surface area contributed by atoms with Gasteiger partial charge in [-0.05, 0) is 49.0 Å². The summed E-state index contributed by atoms with van der Waals surface area (Å²) >= 11 is 0. The van der Waals surface area contributed by atoms with E-state index < -0.39 is 10.0 Å². The van der Waals surface area contributed by atoms with Gasteiger partial charge in [0.25, 0.3) is 15.9 Å². The van der Waals surface area contributed by atoms with Gasteiger partial charge in [0.05, 0.1) is 27.6 Å². The third-order valence-electron chi connectivity index (χ3n) is 5.07. The number of likely N-dealkylation sites (N-methyl/N-ethyl adjacent to an activating group) is 1. The average Bonchev–Trinajstić information content (AvgIpc) is 2.84. The molecular weight excluding hydrogens is 450 g/mol. The minimum absolute atomic E-state index is 0.00812. The Morgan fingerprint density at radius 2 is 1.59 bits per heavy atom. The van der Waals surface area contributed by atoms with E-state index in [0.717, 1.165) is 6.54 Å². The Morgan fingerprint density at radius 3 is 2.26 bits per heavy atom. The molecule has 8 nitrogen and oxygen atoms in total. The first-order chi connectivity index (χ1) is 16.4. The Morgan fingerprint density at radius 1 is 0.941 bits per heavy atom. The van der Waals surface area contributed by atoms with Crippen molar-refractivity contribution in [3.63, 3.8) is 0 Å². The summed E-state index contributed by atoms with van der Waals surface area (Å²) < 4.78 is 34.3. The second-order valence-electron chi connectivity index (χ2n) is 7.68. The number of hydrogen-bond acceptors (Lipinski definition) is 7. The minimum atomic E-state index is -3.96. The highest BCUT2D eigenvalue weighted by Crippen LogP contribution is 2.26. The van der Waals surface area contributed by atoms with Crippen molar-refractivity contribution in [2.75, 3.05) is 24.9 Å². The van der Waals surface area contributed by atoms with Gasteiger partial charge < -0.3 is 4.74 Å². The van der Waals surface area contributed by atoms with E-state index in [2.05, 4.69) is 31.7 Å². The SMILES string of the molecule is CN(CCOc1nc2ccccc2nc1NS(=O)(=O)c1ccc(C#N)cc1)Cc1ccccc1. The molecule has 0 saturated carbocycles. The number of rotatable bonds is 9. The molecule has 0 atom stereocenters. The first kappa shape index (κ1) is 23.2. The number of sulfonamides is 1. The van der Waals surface area contributed by atoms with Crippen LogP contribution in [0.3, 0.4) is 0 Å². The molecule has 34 heavy (non-hydrogen) atoms. The van der Waals surface area contributed by atoms with Crippen LogP contribution in [0.15, 0.2) is 83.8 Å². The third kappa shape index (κ3) is 5.67. The van der Waals surface area contributed by atoms with Crippen LogP contribution < -0.4 is 9.46 Å². The molecule has 3 aromatic carbocycles. The van der Waals surface area contributed by atoms with Gasteiger partial charge in [0.2, 0.25) is 5.82 Å². The Labute approximate surface area is 198 Å². The zero-order valence-electron chi connectivity index (χ0n) is 18.5. The second-order valence-corrected chi connectivity index (χ2v) is 9.36. The number of benzene rings is 3. The van der Waals surface area contributed by atoms with E-state index in [1.54, 1.807) is 18.2 Å². The van der Waals surface area contributed by atoms with Crippen LogP contribution in [-0.2, 0) is 16.6 Å². The number of nitrogens with zero attached hydrogens (tertiary/aromatic N) is 4. The van der Waals surface area contributed by atoms with Gasteiger partial charge >= 0.3 is 0 Å². The molecule has 0 unspecified atom stereocenters. The van der Waals surface area contributed by atoms with Crippen molar-refractivity contribution in [1.82, 2.24) is 14.9 Å². The maximum atomic E-state index is 12.9. The van der Waals surface area contributed by atoms with Crippen LogP contribution in [0.4, 0.5) is 5.82 Å². The summed E-state index contributed by atoms with van der Waals surface area (Å²) in [4.78, 5) is 11.0. The summed E-state index contributed by atoms with van der Waals surface area (Å²) in [7, 11) is -1.98. The third-order valence-corrected chi connectivity index (χ3v) is 6.43. The average molecular weight is 474 g/mol. The molecule has 0 fully saturated rings. The van der Waals surface area contributed by atoms with Crippen molar-refractivity contribution < 1.29 is 13.2 Å². The van der Waals surface area contributed by atoms with Crippen LogP contribution in [0.5, 0.6) is 5.88 Å². The van der Waals surface area contributed by atoms with E-state index in [1.165, 1.54) is 29.8 Å². The smallest absolute Gasteiger partial charge is 0.263 e. The van der Waals surface area contributed by atoms with Crippen molar-refractivity contribution in [2.24, 2.45) is 0 Å². The van der Waals surface area contributed by atoms with Crippen molar-refractivity contribution >= 4 is 26.9 Å². The summed E-state index contributed by atoms with van der Waals surface area (Å²) in [5, 5.41) is 8.95. The lowest BCUT2D eigenvalue weighted by Gasteiger charge is -2.18. The monoisotopic (exact) mass is 473 g/mol. The largest absolute Gasteiger partial charge is 0.474 e. The van der Waals surface area contributed by atoms with E-state index in [9.17, 15) is 8.42 Å². The van der Waals surface area contributed by atoms with Gasteiger partial charge in [-0.2, -0.15) is 5.26 Å². The number of nitriles is 1. The van der Waals surface area contributed by atoms with Crippen LogP contribution in [0.1, 0.15) is 11.1 Å². The molecule has 4 rings (SSSR count). The molecule has 0 radical (unpaired) electrons. The van der Waals surface area contributed by atoms with E-state index in [-0.39, 0.29) is 16.6 Å². The highest BCUT2D eigenvalue weighted by Gasteiger charge is 2.20. The van der Waals surface area contributed by atoms with Crippen LogP contribution in [0.25, 0.3) is 11.0 Å². The number of para-hydroxylation sites is 2. The number of hydrogen-bond donors (Lipinski definition) is 1. The first-order valence-corrected chi connectivity index (χ1v) is 12.1. The summed E-state index contributed by atoms with van der Waals surface area (Å²) in [5.74, 6) is 0.109. The molecular formula is C25H23N5O3S. The molecule has 0 spiro atoms. The lowest BCUT2D eigenvalue weighted by Crippen LogP contribution is -2.24. The van der Waals surface area contributed by atoms with E-state index >= 15 is 0 Å². The molecule has 9 heteroatoms. The molecule has 1 heterocycles. The Balaban J connectivity index is 1.53. The fourth-order valence-corrected chi connectivity index (χ4v) is 4.32. The Bertz CT molecular complexity index is 1420. The maximum Gasteiger partial charge on any atom is 0.263 e. The quantitative estimate of drug-likeness (QED) is 0.394. The summed E-state index contributed by atoms with van der Waals surface area (Å²) in [6.45, 7) is 1.65. The van der Waals surface area contributed by atoms with Gasteiger partial charge in [-0.3, -0.25) is 9.62 Å². The fraction of sp³-hybridized carbons (Fsp3) is 0.160. The van der Waals surface area contributed by atoms with Crippen LogP contribution >= 0.6 is 0 Å². The normalized spacial score (nSPS) is 11.3. The van der Waals surface area contributed by atoms with Gasteiger partial charge in [-0.1, -0.05) is 42.5 Å². The lowest BCUT2D eigenvalue weighted by atomic mass is 10.2. The molecule has 0 aliphatic rings. The molecule has 1 aromatic heterocycles. The van der Waals surface area contributed by atoms with Crippen molar-refractivity contribution in [2.45, 2.75) is 11.4 Å².